The molecule has 1 rings (SSSR count). The molecule has 0 aliphatic heterocycles. The van der Waals surface area contributed by atoms with Gasteiger partial charge in [0.1, 0.15) is 0 Å². The fourth-order valence-corrected chi connectivity index (χ4v) is 1.49. The Morgan fingerprint density at radius 3 is 2.07 bits per heavy atom. The minimum atomic E-state index is -3.59. The lowest BCUT2D eigenvalue weighted by Crippen LogP contribution is -2.19. The fourth-order valence-electron chi connectivity index (χ4n) is 0.977. The minimum absolute atomic E-state index is 0.113. The molecule has 78 valence electrons. The summed E-state index contributed by atoms with van der Waals surface area (Å²) in [5.74, 6) is 0. The predicted octanol–water partition coefficient (Wildman–Crippen LogP) is 0.223. The number of rotatable bonds is 3. The van der Waals surface area contributed by atoms with Crippen molar-refractivity contribution in [2.75, 3.05) is 19.5 Å². The van der Waals surface area contributed by atoms with Crippen molar-refractivity contribution < 1.29 is 8.42 Å². The van der Waals surface area contributed by atoms with Gasteiger partial charge < -0.3 is 5.43 Å². The first-order valence-corrected chi connectivity index (χ1v) is 5.51. The number of primary sulfonamides is 1. The molecule has 0 atom stereocenters. The Hall–Kier alpha value is -1.11. The van der Waals surface area contributed by atoms with Crippen molar-refractivity contribution >= 4 is 15.7 Å². The van der Waals surface area contributed by atoms with E-state index in [4.69, 9.17) is 5.14 Å². The summed E-state index contributed by atoms with van der Waals surface area (Å²) in [7, 11) is 0.0923. The summed E-state index contributed by atoms with van der Waals surface area (Å²) in [5.41, 5.74) is 3.79. The zero-order valence-electron chi connectivity index (χ0n) is 8.06. The molecule has 0 spiro atoms. The summed E-state index contributed by atoms with van der Waals surface area (Å²) in [4.78, 5) is 0.113. The van der Waals surface area contributed by atoms with E-state index < -0.39 is 10.0 Å². The van der Waals surface area contributed by atoms with Crippen molar-refractivity contribution in [3.05, 3.63) is 24.3 Å². The molecule has 6 heteroatoms. The Labute approximate surface area is 83.5 Å². The second-order valence-corrected chi connectivity index (χ2v) is 4.64. The summed E-state index contributed by atoms with van der Waals surface area (Å²) >= 11 is 0. The van der Waals surface area contributed by atoms with Crippen LogP contribution in [0.3, 0.4) is 0 Å². The first kappa shape index (κ1) is 11.0. The van der Waals surface area contributed by atoms with E-state index in [1.54, 1.807) is 17.1 Å². The van der Waals surface area contributed by atoms with Gasteiger partial charge in [0, 0.05) is 19.8 Å². The highest BCUT2D eigenvalue weighted by Gasteiger charge is 2.06. The standard InChI is InChI=1S/C8H13N3O2S/c1-11(2)10-7-3-5-8(6-4-7)14(9,12)13/h3-6,10H,1-2H3,(H2,9,12,13). The highest BCUT2D eigenvalue weighted by atomic mass is 32.2. The summed E-state index contributed by atoms with van der Waals surface area (Å²) in [6.07, 6.45) is 0. The minimum Gasteiger partial charge on any atom is -0.319 e. The molecule has 0 bridgehead atoms. The van der Waals surface area contributed by atoms with Crippen LogP contribution in [0.5, 0.6) is 0 Å². The topological polar surface area (TPSA) is 75.4 Å². The van der Waals surface area contributed by atoms with Crippen LogP contribution in [-0.2, 0) is 10.0 Å². The normalized spacial score (nSPS) is 11.7. The number of anilines is 1. The van der Waals surface area contributed by atoms with Crippen LogP contribution in [0, 0.1) is 0 Å². The molecule has 0 aromatic heterocycles. The van der Waals surface area contributed by atoms with Crippen molar-refractivity contribution in [3.8, 4) is 0 Å². The van der Waals surface area contributed by atoms with Gasteiger partial charge in [0.05, 0.1) is 4.90 Å². The molecule has 0 radical (unpaired) electrons. The molecule has 1 aromatic rings. The molecule has 0 unspecified atom stereocenters. The molecule has 14 heavy (non-hydrogen) atoms. The Morgan fingerprint density at radius 1 is 1.21 bits per heavy atom. The van der Waals surface area contributed by atoms with Gasteiger partial charge in [-0.25, -0.2) is 18.6 Å². The first-order chi connectivity index (χ1) is 6.39. The molecule has 3 N–H and O–H groups in total. The van der Waals surface area contributed by atoms with Gasteiger partial charge in [0.2, 0.25) is 10.0 Å². The SMILES string of the molecule is CN(C)Nc1ccc(S(N)(=O)=O)cc1. The van der Waals surface area contributed by atoms with Gasteiger partial charge >= 0.3 is 0 Å². The number of hydrogen-bond acceptors (Lipinski definition) is 4. The summed E-state index contributed by atoms with van der Waals surface area (Å²) in [5, 5.41) is 6.71. The van der Waals surface area contributed by atoms with Gasteiger partial charge in [-0.2, -0.15) is 0 Å². The summed E-state index contributed by atoms with van der Waals surface area (Å²) < 4.78 is 21.8. The van der Waals surface area contributed by atoms with Gasteiger partial charge in [0.25, 0.3) is 0 Å². The molecule has 0 heterocycles. The number of nitrogens with zero attached hydrogens (tertiary/aromatic N) is 1. The predicted molar refractivity (Wildman–Crippen MR) is 55.1 cm³/mol. The molecule has 0 saturated heterocycles. The molecular weight excluding hydrogens is 202 g/mol. The van der Waals surface area contributed by atoms with E-state index in [1.165, 1.54) is 12.1 Å². The fraction of sp³-hybridized carbons (Fsp3) is 0.250. The maximum atomic E-state index is 10.9. The van der Waals surface area contributed by atoms with E-state index in [0.29, 0.717) is 0 Å². The Balaban J connectivity index is 2.90. The van der Waals surface area contributed by atoms with E-state index in [0.717, 1.165) is 5.69 Å². The van der Waals surface area contributed by atoms with Crippen molar-refractivity contribution in [2.45, 2.75) is 4.90 Å². The van der Waals surface area contributed by atoms with E-state index >= 15 is 0 Å². The van der Waals surface area contributed by atoms with Crippen LogP contribution in [-0.4, -0.2) is 27.5 Å². The van der Waals surface area contributed by atoms with E-state index in [1.807, 2.05) is 14.1 Å². The molecule has 5 nitrogen and oxygen atoms in total. The Morgan fingerprint density at radius 2 is 1.71 bits per heavy atom. The largest absolute Gasteiger partial charge is 0.319 e. The summed E-state index contributed by atoms with van der Waals surface area (Å²) in [6, 6.07) is 6.22. The van der Waals surface area contributed by atoms with Crippen LogP contribution < -0.4 is 10.6 Å². The van der Waals surface area contributed by atoms with Crippen molar-refractivity contribution in [2.24, 2.45) is 5.14 Å². The highest BCUT2D eigenvalue weighted by molar-refractivity contribution is 7.89. The maximum Gasteiger partial charge on any atom is 0.238 e. The monoisotopic (exact) mass is 215 g/mol. The second-order valence-electron chi connectivity index (χ2n) is 3.08. The van der Waals surface area contributed by atoms with Crippen LogP contribution in [0.1, 0.15) is 0 Å². The highest BCUT2D eigenvalue weighted by Crippen LogP contribution is 2.12. The van der Waals surface area contributed by atoms with Crippen LogP contribution >= 0.6 is 0 Å². The van der Waals surface area contributed by atoms with Crippen molar-refractivity contribution in [1.29, 1.82) is 0 Å². The lowest BCUT2D eigenvalue weighted by molar-refractivity contribution is 0.495. The van der Waals surface area contributed by atoms with Crippen LogP contribution in [0.25, 0.3) is 0 Å². The van der Waals surface area contributed by atoms with Crippen LogP contribution in [0.4, 0.5) is 5.69 Å². The molecule has 0 aliphatic carbocycles. The number of hydrazine groups is 1. The third-order valence-corrected chi connectivity index (χ3v) is 2.46. The lowest BCUT2D eigenvalue weighted by Gasteiger charge is -2.13. The number of benzene rings is 1. The molecule has 0 amide bonds. The second kappa shape index (κ2) is 3.95. The average Bonchev–Trinajstić information content (AvgIpc) is 2.02. The average molecular weight is 215 g/mol. The van der Waals surface area contributed by atoms with Gasteiger partial charge in [0.15, 0.2) is 0 Å². The molecule has 0 saturated carbocycles. The van der Waals surface area contributed by atoms with E-state index in [9.17, 15) is 8.42 Å². The van der Waals surface area contributed by atoms with Crippen LogP contribution in [0.2, 0.25) is 0 Å². The molecular formula is C8H13N3O2S. The van der Waals surface area contributed by atoms with Gasteiger partial charge in [-0.1, -0.05) is 0 Å². The smallest absolute Gasteiger partial charge is 0.238 e. The van der Waals surface area contributed by atoms with Crippen LogP contribution in [0.15, 0.2) is 29.2 Å². The number of hydrogen-bond donors (Lipinski definition) is 2. The maximum absolute atomic E-state index is 10.9. The van der Waals surface area contributed by atoms with Gasteiger partial charge in [-0.15, -0.1) is 0 Å². The van der Waals surface area contributed by atoms with E-state index in [2.05, 4.69) is 5.43 Å². The Bertz CT molecular complexity index is 397. The molecule has 1 aromatic carbocycles. The van der Waals surface area contributed by atoms with Gasteiger partial charge in [-0.05, 0) is 24.3 Å². The number of nitrogens with two attached hydrogens (primary N) is 1. The molecule has 0 fully saturated rings. The third kappa shape index (κ3) is 2.99. The third-order valence-electron chi connectivity index (χ3n) is 1.54. The zero-order chi connectivity index (χ0) is 10.8. The van der Waals surface area contributed by atoms with Crippen molar-refractivity contribution in [1.82, 2.24) is 5.01 Å². The molecule has 0 aliphatic rings. The summed E-state index contributed by atoms with van der Waals surface area (Å²) in [6.45, 7) is 0. The lowest BCUT2D eigenvalue weighted by atomic mass is 10.3. The quantitative estimate of drug-likeness (QED) is 0.707. The number of nitrogens with one attached hydrogen (secondary N) is 1. The zero-order valence-corrected chi connectivity index (χ0v) is 8.88. The van der Waals surface area contributed by atoms with E-state index in [-0.39, 0.29) is 4.90 Å². The Kier molecular flexibility index (Phi) is 3.10. The van der Waals surface area contributed by atoms with Crippen molar-refractivity contribution in [3.63, 3.8) is 0 Å². The number of sulfonamides is 1. The first-order valence-electron chi connectivity index (χ1n) is 3.96. The van der Waals surface area contributed by atoms with Gasteiger partial charge in [-0.3, -0.25) is 0 Å².